The zero-order chi connectivity index (χ0) is 45.2. The van der Waals surface area contributed by atoms with Crippen LogP contribution >= 0.6 is 11.3 Å². The minimum Gasteiger partial charge on any atom is -0.457 e. The molecule has 1 atom stereocenters. The third kappa shape index (κ3) is 5.48. The maximum absolute atomic E-state index is 7.16. The summed E-state index contributed by atoms with van der Waals surface area (Å²) in [6, 6.07) is 90.0. The van der Waals surface area contributed by atoms with Crippen molar-refractivity contribution in [3.63, 3.8) is 0 Å². The second kappa shape index (κ2) is 14.8. The molecule has 0 amide bonds. The molecule has 5 heteroatoms. The lowest BCUT2D eigenvalue weighted by Crippen LogP contribution is -2.76. The summed E-state index contributed by atoms with van der Waals surface area (Å²) in [6.45, 7) is 0. The van der Waals surface area contributed by atoms with Crippen LogP contribution in [0.4, 0.5) is 0 Å². The van der Waals surface area contributed by atoms with Gasteiger partial charge in [0.25, 0.3) is 0 Å². The number of aromatic nitrogens is 2. The summed E-state index contributed by atoms with van der Waals surface area (Å²) in [5, 5.41) is 15.2. The van der Waals surface area contributed by atoms with Crippen LogP contribution in [0.25, 0.3) is 97.1 Å². The van der Waals surface area contributed by atoms with Crippen LogP contribution in [0, 0.1) is 0 Å². The van der Waals surface area contributed by atoms with Crippen LogP contribution < -0.4 is 25.5 Å². The van der Waals surface area contributed by atoms with Crippen molar-refractivity contribution in [2.24, 2.45) is 0 Å². The average molecular weight is 913 g/mol. The smallest absolute Gasteiger partial charge is 0.188 e. The molecule has 1 aliphatic heterocycles. The van der Waals surface area contributed by atoms with E-state index in [2.05, 4.69) is 252 Å². The summed E-state index contributed by atoms with van der Waals surface area (Å²) < 4.78 is 14.6. The lowest BCUT2D eigenvalue weighted by molar-refractivity contribution is 0.487. The molecule has 0 radical (unpaired) electrons. The normalized spacial score (nSPS) is 14.6. The van der Waals surface area contributed by atoms with Crippen molar-refractivity contribution in [2.75, 3.05) is 0 Å². The summed E-state index contributed by atoms with van der Waals surface area (Å²) in [7, 11) is -3.11. The van der Waals surface area contributed by atoms with Crippen molar-refractivity contribution in [3.8, 4) is 34.0 Å². The Hall–Kier alpha value is -8.48. The molecule has 0 bridgehead atoms. The largest absolute Gasteiger partial charge is 0.457 e. The van der Waals surface area contributed by atoms with Gasteiger partial charge in [-0.15, -0.1) is 11.3 Å². The van der Waals surface area contributed by atoms with E-state index in [1.807, 2.05) is 11.3 Å². The lowest BCUT2D eigenvalue weighted by Gasteiger charge is -2.39. The standard InChI is InChI=1S/C64H40N2OSSi/c1-2-17-46-41(15-1)16-13-22-47(46)42-31-34-44(35-32-42)69(45-36-37-52-53-23-14-28-58(64(53)68-61(52)40-45)66-56-26-9-5-20-50(56)51-21-6-10-27-57(51)66)62-30-12-11-29-59(62)67-60-39-43(33-38-63(60)69)65-54-24-7-3-18-48(54)49-19-4-8-25-55(49)65/h1-40H. The minimum absolute atomic E-state index is 0.906. The molecule has 0 spiro atoms. The van der Waals surface area contributed by atoms with E-state index in [-0.39, 0.29) is 0 Å². The first-order chi connectivity index (χ1) is 34.2. The zero-order valence-electron chi connectivity index (χ0n) is 37.3. The minimum atomic E-state index is -3.11. The van der Waals surface area contributed by atoms with E-state index in [1.165, 1.54) is 112 Å². The Morgan fingerprint density at radius 2 is 0.913 bits per heavy atom. The Morgan fingerprint density at radius 1 is 0.362 bits per heavy atom. The molecular formula is C64H40N2OSSi. The van der Waals surface area contributed by atoms with Crippen LogP contribution in [0.1, 0.15) is 0 Å². The Bertz CT molecular complexity index is 4310. The molecule has 3 aromatic heterocycles. The molecule has 322 valence electrons. The second-order valence-electron chi connectivity index (χ2n) is 18.3. The van der Waals surface area contributed by atoms with Crippen LogP contribution in [0.2, 0.25) is 0 Å². The molecule has 14 aromatic rings. The van der Waals surface area contributed by atoms with E-state index < -0.39 is 8.07 Å². The van der Waals surface area contributed by atoms with Crippen LogP contribution in [0.3, 0.4) is 0 Å². The van der Waals surface area contributed by atoms with Crippen LogP contribution in [0.5, 0.6) is 11.5 Å². The van der Waals surface area contributed by atoms with Gasteiger partial charge in [0.05, 0.1) is 32.5 Å². The van der Waals surface area contributed by atoms with Gasteiger partial charge in [-0.3, -0.25) is 0 Å². The van der Waals surface area contributed by atoms with Gasteiger partial charge in [-0.25, -0.2) is 0 Å². The van der Waals surface area contributed by atoms with Gasteiger partial charge in [0, 0.05) is 48.8 Å². The highest BCUT2D eigenvalue weighted by atomic mass is 32.1. The fourth-order valence-corrected chi connectivity index (χ4v) is 18.2. The van der Waals surface area contributed by atoms with Gasteiger partial charge in [-0.05, 0) is 91.2 Å². The molecule has 1 unspecified atom stereocenters. The van der Waals surface area contributed by atoms with E-state index in [0.29, 0.717) is 0 Å². The Kier molecular flexibility index (Phi) is 8.26. The summed E-state index contributed by atoms with van der Waals surface area (Å²) in [5.41, 5.74) is 9.54. The zero-order valence-corrected chi connectivity index (χ0v) is 39.1. The molecule has 0 N–H and O–H groups in total. The van der Waals surface area contributed by atoms with Crippen molar-refractivity contribution < 1.29 is 4.74 Å². The summed E-state index contributed by atoms with van der Waals surface area (Å²) in [4.78, 5) is 0. The molecule has 0 saturated heterocycles. The number of benzene rings is 11. The molecule has 0 saturated carbocycles. The van der Waals surface area contributed by atoms with E-state index in [9.17, 15) is 0 Å². The van der Waals surface area contributed by atoms with Crippen LogP contribution in [0.15, 0.2) is 243 Å². The Balaban J connectivity index is 0.989. The first-order valence-electron chi connectivity index (χ1n) is 23.7. The van der Waals surface area contributed by atoms with Crippen LogP contribution in [-0.2, 0) is 0 Å². The number of fused-ring (bicyclic) bond motifs is 12. The molecule has 0 aliphatic carbocycles. The Morgan fingerprint density at radius 3 is 1.62 bits per heavy atom. The second-order valence-corrected chi connectivity index (χ2v) is 23.1. The third-order valence-electron chi connectivity index (χ3n) is 14.9. The van der Waals surface area contributed by atoms with Crippen molar-refractivity contribution >= 4 is 115 Å². The number of hydrogen-bond donors (Lipinski definition) is 0. The number of hydrogen-bond acceptors (Lipinski definition) is 2. The van der Waals surface area contributed by atoms with Crippen LogP contribution in [-0.4, -0.2) is 17.2 Å². The van der Waals surface area contributed by atoms with E-state index in [1.54, 1.807) is 0 Å². The van der Waals surface area contributed by atoms with Gasteiger partial charge >= 0.3 is 0 Å². The van der Waals surface area contributed by atoms with Crippen molar-refractivity contribution in [1.82, 2.24) is 9.13 Å². The molecule has 1 aliphatic rings. The third-order valence-corrected chi connectivity index (χ3v) is 20.9. The Labute approximate surface area is 403 Å². The molecule has 3 nitrogen and oxygen atoms in total. The first kappa shape index (κ1) is 38.6. The fraction of sp³-hybridized carbons (Fsp3) is 0. The first-order valence-corrected chi connectivity index (χ1v) is 26.5. The number of ether oxygens (including phenoxy) is 1. The predicted octanol–water partition coefficient (Wildman–Crippen LogP) is 14.6. The van der Waals surface area contributed by atoms with Gasteiger partial charge in [0.2, 0.25) is 0 Å². The van der Waals surface area contributed by atoms with Gasteiger partial charge in [-0.1, -0.05) is 188 Å². The van der Waals surface area contributed by atoms with Gasteiger partial charge in [-0.2, -0.15) is 0 Å². The highest BCUT2D eigenvalue weighted by Crippen LogP contribution is 2.42. The molecular weight excluding hydrogens is 873 g/mol. The molecule has 4 heterocycles. The molecule has 0 fully saturated rings. The van der Waals surface area contributed by atoms with Gasteiger partial charge in [0.1, 0.15) is 11.5 Å². The topological polar surface area (TPSA) is 19.1 Å². The predicted molar refractivity (Wildman–Crippen MR) is 295 cm³/mol. The average Bonchev–Trinajstić information content (AvgIpc) is 4.08. The van der Waals surface area contributed by atoms with E-state index >= 15 is 0 Å². The SMILES string of the molecule is c1ccc2c(c1)Oc1cc(-n3c4ccccc4c4ccccc43)ccc1[Si]2(c1ccc(-c2cccc3ccccc23)cc1)c1ccc2c(c1)sc1c(-n3c4ccccc4c4ccccc43)cccc12. The fourth-order valence-electron chi connectivity index (χ4n) is 11.9. The summed E-state index contributed by atoms with van der Waals surface area (Å²) in [6.07, 6.45) is 0. The number of para-hydroxylation sites is 5. The van der Waals surface area contributed by atoms with Crippen molar-refractivity contribution in [1.29, 1.82) is 0 Å². The van der Waals surface area contributed by atoms with E-state index in [4.69, 9.17) is 4.74 Å². The van der Waals surface area contributed by atoms with Gasteiger partial charge in [0.15, 0.2) is 8.07 Å². The lowest BCUT2D eigenvalue weighted by atomic mass is 9.98. The van der Waals surface area contributed by atoms with E-state index in [0.717, 1.165) is 17.2 Å². The van der Waals surface area contributed by atoms with Gasteiger partial charge < -0.3 is 13.9 Å². The highest BCUT2D eigenvalue weighted by molar-refractivity contribution is 7.27. The molecule has 69 heavy (non-hydrogen) atoms. The summed E-state index contributed by atoms with van der Waals surface area (Å²) >= 11 is 1.91. The quantitative estimate of drug-likeness (QED) is 0.157. The van der Waals surface area contributed by atoms with Crippen molar-refractivity contribution in [2.45, 2.75) is 0 Å². The van der Waals surface area contributed by atoms with Crippen molar-refractivity contribution in [3.05, 3.63) is 243 Å². The highest BCUT2D eigenvalue weighted by Gasteiger charge is 2.48. The number of nitrogens with zero attached hydrogens (tertiary/aromatic N) is 2. The summed E-state index contributed by atoms with van der Waals surface area (Å²) in [5.74, 6) is 1.82. The molecule has 11 aromatic carbocycles. The maximum Gasteiger partial charge on any atom is 0.188 e. The monoisotopic (exact) mass is 912 g/mol. The number of thiophene rings is 1. The number of rotatable bonds is 5. The molecule has 15 rings (SSSR count). The maximum atomic E-state index is 7.16.